The molecular weight excluding hydrogens is 186 g/mol. The summed E-state index contributed by atoms with van der Waals surface area (Å²) in [5.41, 5.74) is 6.35. The molecule has 0 unspecified atom stereocenters. The van der Waals surface area contributed by atoms with Crippen LogP contribution in [0.25, 0.3) is 0 Å². The first kappa shape index (κ1) is 10.1. The summed E-state index contributed by atoms with van der Waals surface area (Å²) >= 11 is 0. The highest BCUT2D eigenvalue weighted by Gasteiger charge is 2.40. The summed E-state index contributed by atoms with van der Waals surface area (Å²) < 4.78 is 0. The van der Waals surface area contributed by atoms with E-state index >= 15 is 0 Å². The second-order valence-electron chi connectivity index (χ2n) is 5.88. The van der Waals surface area contributed by atoms with Crippen LogP contribution in [0.3, 0.4) is 0 Å². The lowest BCUT2D eigenvalue weighted by Gasteiger charge is -2.36. The summed E-state index contributed by atoms with van der Waals surface area (Å²) in [5, 5.41) is 0. The van der Waals surface area contributed by atoms with Gasteiger partial charge in [-0.2, -0.15) is 0 Å². The van der Waals surface area contributed by atoms with E-state index in [0.29, 0.717) is 0 Å². The molecule has 0 aromatic rings. The van der Waals surface area contributed by atoms with E-state index in [1.54, 1.807) is 0 Å². The predicted octanol–water partition coefficient (Wildman–Crippen LogP) is 0.505. The maximum Gasteiger partial charge on any atom is 0.0284 e. The Balaban J connectivity index is 1.39. The molecule has 0 aromatic carbocycles. The molecule has 2 saturated carbocycles. The zero-order chi connectivity index (χ0) is 10.3. The molecule has 0 bridgehead atoms. The second kappa shape index (κ2) is 3.72. The van der Waals surface area contributed by atoms with Crippen LogP contribution in [0.5, 0.6) is 0 Å². The van der Waals surface area contributed by atoms with Crippen molar-refractivity contribution in [1.29, 1.82) is 0 Å². The van der Waals surface area contributed by atoms with Crippen molar-refractivity contribution in [2.45, 2.75) is 31.2 Å². The molecular formula is C12H23N3. The van der Waals surface area contributed by atoms with Crippen molar-refractivity contribution in [2.75, 3.05) is 39.3 Å². The van der Waals surface area contributed by atoms with Gasteiger partial charge in [0.1, 0.15) is 0 Å². The maximum atomic E-state index is 6.15. The van der Waals surface area contributed by atoms with E-state index in [4.69, 9.17) is 5.73 Å². The van der Waals surface area contributed by atoms with Gasteiger partial charge in [-0.3, -0.25) is 4.90 Å². The van der Waals surface area contributed by atoms with E-state index in [2.05, 4.69) is 9.80 Å². The minimum absolute atomic E-state index is 0.207. The molecule has 0 amide bonds. The fraction of sp³-hybridized carbons (Fsp3) is 1.00. The van der Waals surface area contributed by atoms with Gasteiger partial charge in [0.25, 0.3) is 0 Å². The molecule has 15 heavy (non-hydrogen) atoms. The summed E-state index contributed by atoms with van der Waals surface area (Å²) in [5.74, 6) is 1.04. The van der Waals surface area contributed by atoms with Crippen LogP contribution < -0.4 is 5.73 Å². The molecule has 2 N–H and O–H groups in total. The number of nitrogens with two attached hydrogens (primary N) is 1. The lowest BCUT2D eigenvalue weighted by molar-refractivity contribution is 0.121. The van der Waals surface area contributed by atoms with Gasteiger partial charge in [0.15, 0.2) is 0 Å². The molecule has 3 heteroatoms. The summed E-state index contributed by atoms with van der Waals surface area (Å²) in [6, 6.07) is 0. The normalized spacial score (nSPS) is 31.8. The Morgan fingerprint density at radius 1 is 1.00 bits per heavy atom. The molecule has 0 spiro atoms. The Morgan fingerprint density at radius 3 is 2.13 bits per heavy atom. The third kappa shape index (κ3) is 2.71. The van der Waals surface area contributed by atoms with Gasteiger partial charge < -0.3 is 10.6 Å². The topological polar surface area (TPSA) is 32.5 Å². The van der Waals surface area contributed by atoms with Crippen LogP contribution in [0.15, 0.2) is 0 Å². The molecule has 3 rings (SSSR count). The first-order valence-corrected chi connectivity index (χ1v) is 6.47. The van der Waals surface area contributed by atoms with E-state index in [1.165, 1.54) is 58.4 Å². The van der Waals surface area contributed by atoms with Crippen LogP contribution in [0.4, 0.5) is 0 Å². The Kier molecular flexibility index (Phi) is 2.49. The van der Waals surface area contributed by atoms with E-state index in [9.17, 15) is 0 Å². The van der Waals surface area contributed by atoms with Crippen molar-refractivity contribution in [1.82, 2.24) is 9.80 Å². The van der Waals surface area contributed by atoms with Crippen LogP contribution in [-0.2, 0) is 0 Å². The van der Waals surface area contributed by atoms with E-state index in [-0.39, 0.29) is 5.54 Å². The van der Waals surface area contributed by atoms with Gasteiger partial charge in [-0.05, 0) is 31.6 Å². The van der Waals surface area contributed by atoms with Crippen molar-refractivity contribution in [3.05, 3.63) is 0 Å². The summed E-state index contributed by atoms with van der Waals surface area (Å²) in [6.45, 7) is 7.53. The average Bonchev–Trinajstić information content (AvgIpc) is 3.10. The van der Waals surface area contributed by atoms with E-state index in [0.717, 1.165) is 12.5 Å². The monoisotopic (exact) mass is 209 g/mol. The van der Waals surface area contributed by atoms with E-state index < -0.39 is 0 Å². The standard InChI is InChI=1S/C12H23N3/c13-12(3-4-12)10-15-7-5-14(6-8-15)9-11-1-2-11/h11H,1-10,13H2. The predicted molar refractivity (Wildman–Crippen MR) is 61.8 cm³/mol. The van der Waals surface area contributed by atoms with Crippen molar-refractivity contribution in [2.24, 2.45) is 11.7 Å². The van der Waals surface area contributed by atoms with Gasteiger partial charge in [0, 0.05) is 44.8 Å². The van der Waals surface area contributed by atoms with Gasteiger partial charge in [0.05, 0.1) is 0 Å². The van der Waals surface area contributed by atoms with Gasteiger partial charge in [-0.25, -0.2) is 0 Å². The summed E-state index contributed by atoms with van der Waals surface area (Å²) in [6.07, 6.45) is 5.45. The zero-order valence-electron chi connectivity index (χ0n) is 9.62. The maximum absolute atomic E-state index is 6.15. The van der Waals surface area contributed by atoms with Crippen molar-refractivity contribution in [3.8, 4) is 0 Å². The van der Waals surface area contributed by atoms with Crippen molar-refractivity contribution in [3.63, 3.8) is 0 Å². The van der Waals surface area contributed by atoms with Crippen LogP contribution in [0, 0.1) is 5.92 Å². The Bertz CT molecular complexity index is 225. The number of hydrogen-bond donors (Lipinski definition) is 1. The van der Waals surface area contributed by atoms with Gasteiger partial charge >= 0.3 is 0 Å². The molecule has 1 saturated heterocycles. The second-order valence-corrected chi connectivity index (χ2v) is 5.88. The minimum Gasteiger partial charge on any atom is -0.324 e. The third-order valence-electron chi connectivity index (χ3n) is 4.11. The Labute approximate surface area is 92.6 Å². The largest absolute Gasteiger partial charge is 0.324 e. The number of rotatable bonds is 4. The highest BCUT2D eigenvalue weighted by molar-refractivity contribution is 5.01. The number of nitrogens with zero attached hydrogens (tertiary/aromatic N) is 2. The zero-order valence-corrected chi connectivity index (χ0v) is 9.62. The van der Waals surface area contributed by atoms with Crippen LogP contribution in [0.1, 0.15) is 25.7 Å². The molecule has 0 radical (unpaired) electrons. The molecule has 0 atom stereocenters. The van der Waals surface area contributed by atoms with Gasteiger partial charge in [0.2, 0.25) is 0 Å². The Hall–Kier alpha value is -0.120. The Morgan fingerprint density at radius 2 is 1.60 bits per heavy atom. The minimum atomic E-state index is 0.207. The van der Waals surface area contributed by atoms with Crippen LogP contribution >= 0.6 is 0 Å². The van der Waals surface area contributed by atoms with Gasteiger partial charge in [-0.1, -0.05) is 0 Å². The molecule has 2 aliphatic carbocycles. The first-order valence-electron chi connectivity index (χ1n) is 6.47. The highest BCUT2D eigenvalue weighted by Crippen LogP contribution is 2.33. The SMILES string of the molecule is NC1(CN2CCN(CC3CC3)CC2)CC1. The quantitative estimate of drug-likeness (QED) is 0.732. The molecule has 1 heterocycles. The van der Waals surface area contributed by atoms with Crippen molar-refractivity contribution >= 4 is 0 Å². The van der Waals surface area contributed by atoms with Crippen LogP contribution in [-0.4, -0.2) is 54.6 Å². The van der Waals surface area contributed by atoms with Crippen molar-refractivity contribution < 1.29 is 0 Å². The molecule has 0 aromatic heterocycles. The molecule has 3 aliphatic rings. The smallest absolute Gasteiger partial charge is 0.0284 e. The molecule has 3 nitrogen and oxygen atoms in total. The summed E-state index contributed by atoms with van der Waals surface area (Å²) in [4.78, 5) is 5.21. The molecule has 3 fully saturated rings. The lowest BCUT2D eigenvalue weighted by atomic mass is 10.2. The molecule has 1 aliphatic heterocycles. The first-order chi connectivity index (χ1) is 7.23. The summed E-state index contributed by atoms with van der Waals surface area (Å²) in [7, 11) is 0. The third-order valence-corrected chi connectivity index (χ3v) is 4.11. The number of hydrogen-bond acceptors (Lipinski definition) is 3. The average molecular weight is 209 g/mol. The van der Waals surface area contributed by atoms with E-state index in [1.807, 2.05) is 0 Å². The fourth-order valence-electron chi connectivity index (χ4n) is 2.56. The lowest BCUT2D eigenvalue weighted by Crippen LogP contribution is -2.50. The molecule has 86 valence electrons. The van der Waals surface area contributed by atoms with Crippen LogP contribution in [0.2, 0.25) is 0 Å². The fourth-order valence-corrected chi connectivity index (χ4v) is 2.56. The highest BCUT2D eigenvalue weighted by atomic mass is 15.3. The number of piperazine rings is 1. The van der Waals surface area contributed by atoms with Gasteiger partial charge in [-0.15, -0.1) is 0 Å².